The van der Waals surface area contributed by atoms with Crippen LogP contribution in [0.5, 0.6) is 5.75 Å². The van der Waals surface area contributed by atoms with Crippen LogP contribution in [0.15, 0.2) is 54.6 Å². The van der Waals surface area contributed by atoms with E-state index in [1.807, 2.05) is 30.3 Å². The van der Waals surface area contributed by atoms with Gasteiger partial charge in [0.25, 0.3) is 5.17 Å². The lowest BCUT2D eigenvalue weighted by Gasteiger charge is -2.12. The summed E-state index contributed by atoms with van der Waals surface area (Å²) < 4.78 is 10.2. The summed E-state index contributed by atoms with van der Waals surface area (Å²) in [4.78, 5) is 11.6. The minimum Gasteiger partial charge on any atom is -0.465 e. The van der Waals surface area contributed by atoms with Gasteiger partial charge in [0, 0.05) is 6.54 Å². The zero-order chi connectivity index (χ0) is 15.1. The highest BCUT2D eigenvalue weighted by Gasteiger charge is 2.13. The standard InChI is InChI=1S/C16H15NO3S/c1-19-15(18)13-9-5-6-10-14(13)20-16(21)17-11-12-7-3-2-4-8-12/h2-10H,11H2,1H3,(H,17,21). The molecule has 0 saturated heterocycles. The molecule has 1 N–H and O–H groups in total. The molecule has 2 rings (SSSR count). The summed E-state index contributed by atoms with van der Waals surface area (Å²) in [6.07, 6.45) is 0. The Hall–Kier alpha value is -2.40. The quantitative estimate of drug-likeness (QED) is 0.695. The van der Waals surface area contributed by atoms with Crippen LogP contribution < -0.4 is 10.1 Å². The Morgan fingerprint density at radius 1 is 1.10 bits per heavy atom. The largest absolute Gasteiger partial charge is 0.465 e. The molecule has 0 heterocycles. The van der Waals surface area contributed by atoms with Gasteiger partial charge in [0.15, 0.2) is 0 Å². The molecular weight excluding hydrogens is 286 g/mol. The van der Waals surface area contributed by atoms with Gasteiger partial charge in [-0.15, -0.1) is 0 Å². The smallest absolute Gasteiger partial charge is 0.341 e. The molecule has 0 atom stereocenters. The van der Waals surface area contributed by atoms with Crippen LogP contribution >= 0.6 is 12.2 Å². The zero-order valence-electron chi connectivity index (χ0n) is 11.5. The number of hydrogen-bond donors (Lipinski definition) is 1. The van der Waals surface area contributed by atoms with Gasteiger partial charge in [-0.2, -0.15) is 0 Å². The second-order valence-electron chi connectivity index (χ2n) is 4.22. The number of nitrogens with one attached hydrogen (secondary N) is 1. The highest BCUT2D eigenvalue weighted by Crippen LogP contribution is 2.18. The summed E-state index contributed by atoms with van der Waals surface area (Å²) in [6, 6.07) is 16.6. The summed E-state index contributed by atoms with van der Waals surface area (Å²) in [5.74, 6) is -0.0913. The predicted octanol–water partition coefficient (Wildman–Crippen LogP) is 2.93. The van der Waals surface area contributed by atoms with Crippen LogP contribution in [0, 0.1) is 0 Å². The van der Waals surface area contributed by atoms with E-state index < -0.39 is 5.97 Å². The van der Waals surface area contributed by atoms with E-state index in [1.165, 1.54) is 7.11 Å². The minimum absolute atomic E-state index is 0.204. The first-order valence-electron chi connectivity index (χ1n) is 6.37. The number of ether oxygens (including phenoxy) is 2. The van der Waals surface area contributed by atoms with E-state index >= 15 is 0 Å². The van der Waals surface area contributed by atoms with Crippen molar-refractivity contribution in [2.45, 2.75) is 6.54 Å². The van der Waals surface area contributed by atoms with Crippen LogP contribution in [0.25, 0.3) is 0 Å². The molecule has 0 saturated carbocycles. The third kappa shape index (κ3) is 4.29. The van der Waals surface area contributed by atoms with Crippen molar-refractivity contribution in [3.05, 3.63) is 65.7 Å². The second-order valence-corrected chi connectivity index (χ2v) is 4.59. The number of methoxy groups -OCH3 is 1. The molecule has 0 aliphatic heterocycles. The Morgan fingerprint density at radius 3 is 2.48 bits per heavy atom. The molecule has 108 valence electrons. The number of carbonyl (C=O) groups excluding carboxylic acids is 1. The van der Waals surface area contributed by atoms with Crippen molar-refractivity contribution < 1.29 is 14.3 Å². The van der Waals surface area contributed by atoms with Crippen LogP contribution in [0.3, 0.4) is 0 Å². The van der Waals surface area contributed by atoms with E-state index in [1.54, 1.807) is 24.3 Å². The van der Waals surface area contributed by atoms with E-state index in [0.29, 0.717) is 17.9 Å². The average Bonchev–Trinajstić information content (AvgIpc) is 2.54. The first-order valence-corrected chi connectivity index (χ1v) is 6.78. The molecule has 0 unspecified atom stereocenters. The van der Waals surface area contributed by atoms with Gasteiger partial charge in [0.1, 0.15) is 11.3 Å². The van der Waals surface area contributed by atoms with Crippen molar-refractivity contribution in [1.29, 1.82) is 0 Å². The van der Waals surface area contributed by atoms with Crippen molar-refractivity contribution in [3.63, 3.8) is 0 Å². The van der Waals surface area contributed by atoms with Gasteiger partial charge in [-0.3, -0.25) is 0 Å². The molecule has 2 aromatic rings. The number of para-hydroxylation sites is 1. The van der Waals surface area contributed by atoms with Gasteiger partial charge >= 0.3 is 5.97 Å². The number of rotatable bonds is 4. The Labute approximate surface area is 128 Å². The fourth-order valence-corrected chi connectivity index (χ4v) is 1.90. The van der Waals surface area contributed by atoms with Gasteiger partial charge in [-0.05, 0) is 29.9 Å². The van der Waals surface area contributed by atoms with Crippen LogP contribution in [0.2, 0.25) is 0 Å². The lowest BCUT2D eigenvalue weighted by Crippen LogP contribution is -2.26. The minimum atomic E-state index is -0.462. The molecule has 0 aliphatic rings. The molecule has 0 aromatic heterocycles. The zero-order valence-corrected chi connectivity index (χ0v) is 12.4. The molecule has 0 spiro atoms. The molecule has 0 fully saturated rings. The maximum atomic E-state index is 11.6. The van der Waals surface area contributed by atoms with Gasteiger partial charge < -0.3 is 14.8 Å². The van der Waals surface area contributed by atoms with Gasteiger partial charge in [0.05, 0.1) is 7.11 Å². The van der Waals surface area contributed by atoms with Crippen molar-refractivity contribution in [2.75, 3.05) is 7.11 Å². The van der Waals surface area contributed by atoms with Gasteiger partial charge in [-0.25, -0.2) is 4.79 Å². The van der Waals surface area contributed by atoms with E-state index in [9.17, 15) is 4.79 Å². The number of thiocarbonyl (C=S) groups is 1. The summed E-state index contributed by atoms with van der Waals surface area (Å²) in [6.45, 7) is 0.556. The molecule has 0 aliphatic carbocycles. The molecule has 0 amide bonds. The van der Waals surface area contributed by atoms with E-state index in [0.717, 1.165) is 5.56 Å². The van der Waals surface area contributed by atoms with Gasteiger partial charge in [0.2, 0.25) is 0 Å². The summed E-state index contributed by atoms with van der Waals surface area (Å²) >= 11 is 5.13. The fourth-order valence-electron chi connectivity index (χ4n) is 1.74. The summed E-state index contributed by atoms with van der Waals surface area (Å²) in [5, 5.41) is 3.19. The molecular formula is C16H15NO3S. The third-order valence-electron chi connectivity index (χ3n) is 2.77. The van der Waals surface area contributed by atoms with Crippen molar-refractivity contribution >= 4 is 23.4 Å². The number of esters is 1. The normalized spacial score (nSPS) is 9.76. The van der Waals surface area contributed by atoms with Crippen molar-refractivity contribution in [1.82, 2.24) is 5.32 Å². The maximum Gasteiger partial charge on any atom is 0.341 e. The second kappa shape index (κ2) is 7.40. The first-order chi connectivity index (χ1) is 10.2. The Balaban J connectivity index is 1.98. The highest BCUT2D eigenvalue weighted by molar-refractivity contribution is 7.80. The Morgan fingerprint density at radius 2 is 1.76 bits per heavy atom. The SMILES string of the molecule is COC(=O)c1ccccc1OC(=S)NCc1ccccc1. The molecule has 0 radical (unpaired) electrons. The van der Waals surface area contributed by atoms with Crippen molar-refractivity contribution in [2.24, 2.45) is 0 Å². The van der Waals surface area contributed by atoms with Crippen molar-refractivity contribution in [3.8, 4) is 5.75 Å². The van der Waals surface area contributed by atoms with Crippen LogP contribution in [0.4, 0.5) is 0 Å². The van der Waals surface area contributed by atoms with Crippen LogP contribution in [-0.4, -0.2) is 18.3 Å². The fraction of sp³-hybridized carbons (Fsp3) is 0.125. The van der Waals surface area contributed by atoms with E-state index in [-0.39, 0.29) is 5.17 Å². The predicted molar refractivity (Wildman–Crippen MR) is 84.3 cm³/mol. The Kier molecular flexibility index (Phi) is 5.29. The van der Waals surface area contributed by atoms with E-state index in [2.05, 4.69) is 5.32 Å². The third-order valence-corrected chi connectivity index (χ3v) is 3.00. The summed E-state index contributed by atoms with van der Waals surface area (Å²) in [7, 11) is 1.32. The first kappa shape index (κ1) is 15.0. The van der Waals surface area contributed by atoms with Crippen LogP contribution in [-0.2, 0) is 11.3 Å². The van der Waals surface area contributed by atoms with E-state index in [4.69, 9.17) is 21.7 Å². The Bertz CT molecular complexity index is 628. The number of benzene rings is 2. The topological polar surface area (TPSA) is 47.6 Å². The number of carbonyl (C=O) groups is 1. The summed E-state index contributed by atoms with van der Waals surface area (Å²) in [5.41, 5.74) is 1.42. The molecule has 0 bridgehead atoms. The molecule has 4 nitrogen and oxygen atoms in total. The molecule has 5 heteroatoms. The average molecular weight is 301 g/mol. The lowest BCUT2D eigenvalue weighted by atomic mass is 10.2. The molecule has 2 aromatic carbocycles. The monoisotopic (exact) mass is 301 g/mol. The number of hydrogen-bond acceptors (Lipinski definition) is 4. The molecule has 21 heavy (non-hydrogen) atoms. The maximum absolute atomic E-state index is 11.6. The van der Waals surface area contributed by atoms with Crippen LogP contribution in [0.1, 0.15) is 15.9 Å². The van der Waals surface area contributed by atoms with Gasteiger partial charge in [-0.1, -0.05) is 42.5 Å². The highest BCUT2D eigenvalue weighted by atomic mass is 32.1. The lowest BCUT2D eigenvalue weighted by molar-refractivity contribution is 0.0598.